The lowest BCUT2D eigenvalue weighted by Gasteiger charge is -2.36. The van der Waals surface area contributed by atoms with Gasteiger partial charge in [0, 0.05) is 36.3 Å². The number of piperidine rings is 1. The first-order chi connectivity index (χ1) is 12.0. The van der Waals surface area contributed by atoms with Gasteiger partial charge in [-0.1, -0.05) is 0 Å². The van der Waals surface area contributed by atoms with Gasteiger partial charge in [-0.2, -0.15) is 0 Å². The van der Waals surface area contributed by atoms with Gasteiger partial charge in [0.2, 0.25) is 0 Å². The van der Waals surface area contributed by atoms with Crippen LogP contribution >= 0.6 is 0 Å². The highest BCUT2D eigenvalue weighted by Crippen LogP contribution is 2.36. The van der Waals surface area contributed by atoms with Gasteiger partial charge in [0.1, 0.15) is 11.6 Å². The van der Waals surface area contributed by atoms with Crippen molar-refractivity contribution >= 4 is 5.82 Å². The zero-order valence-electron chi connectivity index (χ0n) is 14.7. The average Bonchev–Trinajstić information content (AvgIpc) is 2.97. The fourth-order valence-electron chi connectivity index (χ4n) is 4.13. The summed E-state index contributed by atoms with van der Waals surface area (Å²) in [6.45, 7) is 4.95. The Kier molecular flexibility index (Phi) is 4.07. The highest BCUT2D eigenvalue weighted by atomic mass is 19.1. The summed E-state index contributed by atoms with van der Waals surface area (Å²) in [5.74, 6) is 0.430. The van der Waals surface area contributed by atoms with E-state index in [-0.39, 0.29) is 5.75 Å². The van der Waals surface area contributed by atoms with Gasteiger partial charge in [-0.3, -0.25) is 0 Å². The van der Waals surface area contributed by atoms with Crippen LogP contribution in [0.15, 0.2) is 18.2 Å². The highest BCUT2D eigenvalue weighted by molar-refractivity contribution is 5.72. The van der Waals surface area contributed by atoms with Crippen molar-refractivity contribution in [3.63, 3.8) is 0 Å². The number of halogens is 1. The van der Waals surface area contributed by atoms with Gasteiger partial charge < -0.3 is 14.9 Å². The third-order valence-corrected chi connectivity index (χ3v) is 5.32. The summed E-state index contributed by atoms with van der Waals surface area (Å²) in [6, 6.07) is 5.02. The van der Waals surface area contributed by atoms with Crippen LogP contribution < -0.4 is 4.90 Å². The molecule has 0 spiro atoms. The summed E-state index contributed by atoms with van der Waals surface area (Å²) in [6.07, 6.45) is 3.32. The van der Waals surface area contributed by atoms with Crippen molar-refractivity contribution < 1.29 is 9.50 Å². The predicted octanol–water partition coefficient (Wildman–Crippen LogP) is 2.75. The number of fused-ring (bicyclic) bond motifs is 1. The number of hydrogen-bond acceptors (Lipinski definition) is 5. The van der Waals surface area contributed by atoms with Gasteiger partial charge >= 0.3 is 0 Å². The minimum atomic E-state index is -0.444. The molecule has 1 N–H and O–H groups in total. The molecule has 132 valence electrons. The molecule has 6 heteroatoms. The number of phenolic OH excluding ortho intramolecular Hbond substituents is 1. The van der Waals surface area contributed by atoms with E-state index in [1.54, 1.807) is 6.92 Å². The molecule has 0 amide bonds. The van der Waals surface area contributed by atoms with Crippen molar-refractivity contribution in [2.24, 2.45) is 0 Å². The maximum atomic E-state index is 13.4. The number of likely N-dealkylation sites (N-methyl/N-ethyl adjacent to an activating group) is 1. The lowest BCUT2D eigenvalue weighted by molar-refractivity contribution is 0.245. The minimum absolute atomic E-state index is 0.0875. The summed E-state index contributed by atoms with van der Waals surface area (Å²) in [7, 11) is 2.16. The monoisotopic (exact) mass is 342 g/mol. The number of nitrogens with zero attached hydrogens (tertiary/aromatic N) is 4. The number of aromatic hydroxyl groups is 1. The molecule has 2 aromatic rings. The largest absolute Gasteiger partial charge is 0.507 e. The summed E-state index contributed by atoms with van der Waals surface area (Å²) in [5.41, 5.74) is 2.99. The molecule has 1 atom stereocenters. The average molecular weight is 342 g/mol. The molecule has 5 nitrogen and oxygen atoms in total. The first-order valence-corrected chi connectivity index (χ1v) is 8.84. The topological polar surface area (TPSA) is 52.5 Å². The Morgan fingerprint density at radius 2 is 2.04 bits per heavy atom. The Bertz CT molecular complexity index is 787. The smallest absolute Gasteiger partial charge is 0.154 e. The van der Waals surface area contributed by atoms with Gasteiger partial charge in [0.05, 0.1) is 5.69 Å². The maximum absolute atomic E-state index is 13.4. The first-order valence-electron chi connectivity index (χ1n) is 8.84. The molecule has 0 bridgehead atoms. The Morgan fingerprint density at radius 1 is 1.20 bits per heavy atom. The fourth-order valence-corrected chi connectivity index (χ4v) is 4.13. The number of benzene rings is 1. The van der Waals surface area contributed by atoms with Gasteiger partial charge in [-0.15, -0.1) is 10.2 Å². The Labute approximate surface area is 147 Å². The molecule has 3 heterocycles. The van der Waals surface area contributed by atoms with Gasteiger partial charge in [-0.05, 0) is 57.5 Å². The predicted molar refractivity (Wildman–Crippen MR) is 95.4 cm³/mol. The van der Waals surface area contributed by atoms with Crippen LogP contribution in [0.1, 0.15) is 24.0 Å². The zero-order chi connectivity index (χ0) is 17.6. The maximum Gasteiger partial charge on any atom is 0.154 e. The number of phenols is 1. The van der Waals surface area contributed by atoms with Crippen LogP contribution in [0.2, 0.25) is 0 Å². The summed E-state index contributed by atoms with van der Waals surface area (Å²) >= 11 is 0. The summed E-state index contributed by atoms with van der Waals surface area (Å²) in [4.78, 5) is 4.74. The Balaban J connectivity index is 1.66. The molecule has 0 radical (unpaired) electrons. The third-order valence-electron chi connectivity index (χ3n) is 5.32. The lowest BCUT2D eigenvalue weighted by atomic mass is 10.0. The van der Waals surface area contributed by atoms with E-state index in [0.29, 0.717) is 22.9 Å². The van der Waals surface area contributed by atoms with Crippen molar-refractivity contribution in [2.75, 3.05) is 31.6 Å². The number of anilines is 1. The van der Waals surface area contributed by atoms with Crippen LogP contribution in [-0.2, 0) is 6.42 Å². The lowest BCUT2D eigenvalue weighted by Crippen LogP contribution is -2.46. The van der Waals surface area contributed by atoms with Crippen LogP contribution in [0.3, 0.4) is 0 Å². The highest BCUT2D eigenvalue weighted by Gasteiger charge is 2.31. The molecular weight excluding hydrogens is 319 g/mol. The normalized spacial score (nSPS) is 20.8. The Hall–Kier alpha value is -2.21. The molecule has 0 aliphatic carbocycles. The number of rotatable bonds is 2. The standard InChI is InChI=1S/C19H23FN4O/c1-12-8-14(20)10-17(25)18(12)16-9-13-5-7-24(19(13)22-21-16)15-4-3-6-23(2)11-15/h8-10,15,25H,3-7,11H2,1-2H3/t15-/m1/s1. The molecule has 1 aromatic heterocycles. The summed E-state index contributed by atoms with van der Waals surface area (Å²) in [5, 5.41) is 19.0. The molecule has 0 unspecified atom stereocenters. The second-order valence-electron chi connectivity index (χ2n) is 7.20. The molecule has 2 aliphatic rings. The van der Waals surface area contributed by atoms with Crippen LogP contribution in [0.4, 0.5) is 10.2 Å². The van der Waals surface area contributed by atoms with Gasteiger partial charge in [0.25, 0.3) is 0 Å². The van der Waals surface area contributed by atoms with E-state index in [1.165, 1.54) is 18.9 Å². The molecule has 1 aromatic carbocycles. The van der Waals surface area contributed by atoms with Crippen molar-refractivity contribution in [2.45, 2.75) is 32.2 Å². The first kappa shape index (κ1) is 16.3. The molecule has 2 aliphatic heterocycles. The van der Waals surface area contributed by atoms with E-state index in [9.17, 15) is 9.50 Å². The molecular formula is C19H23FN4O. The molecule has 25 heavy (non-hydrogen) atoms. The van der Waals surface area contributed by atoms with Crippen molar-refractivity contribution in [3.05, 3.63) is 35.1 Å². The van der Waals surface area contributed by atoms with Crippen LogP contribution in [0.25, 0.3) is 11.3 Å². The quantitative estimate of drug-likeness (QED) is 0.909. The number of hydrogen-bond donors (Lipinski definition) is 1. The fraction of sp³-hybridized carbons (Fsp3) is 0.474. The summed E-state index contributed by atoms with van der Waals surface area (Å²) < 4.78 is 13.4. The van der Waals surface area contributed by atoms with Crippen molar-refractivity contribution in [1.29, 1.82) is 0 Å². The van der Waals surface area contributed by atoms with Crippen LogP contribution in [-0.4, -0.2) is 52.9 Å². The second kappa shape index (κ2) is 6.26. The van der Waals surface area contributed by atoms with Crippen molar-refractivity contribution in [1.82, 2.24) is 15.1 Å². The molecule has 4 rings (SSSR count). The van der Waals surface area contributed by atoms with E-state index in [4.69, 9.17) is 0 Å². The van der Waals surface area contributed by atoms with E-state index in [2.05, 4.69) is 27.0 Å². The number of likely N-dealkylation sites (tertiary alicyclic amines) is 1. The SMILES string of the molecule is Cc1cc(F)cc(O)c1-c1cc2c(nn1)N([C@@H]1CCCN(C)C1)CC2. The second-order valence-corrected chi connectivity index (χ2v) is 7.20. The Morgan fingerprint density at radius 3 is 2.80 bits per heavy atom. The van der Waals surface area contributed by atoms with Gasteiger partial charge in [-0.25, -0.2) is 4.39 Å². The van der Waals surface area contributed by atoms with E-state index in [1.807, 2.05) is 6.07 Å². The molecule has 0 saturated carbocycles. The number of aryl methyl sites for hydroxylation is 1. The van der Waals surface area contributed by atoms with E-state index >= 15 is 0 Å². The zero-order valence-corrected chi connectivity index (χ0v) is 14.7. The van der Waals surface area contributed by atoms with Gasteiger partial charge in [0.15, 0.2) is 5.82 Å². The molecule has 1 saturated heterocycles. The molecule has 1 fully saturated rings. The minimum Gasteiger partial charge on any atom is -0.507 e. The van der Waals surface area contributed by atoms with E-state index in [0.717, 1.165) is 43.5 Å². The van der Waals surface area contributed by atoms with Crippen molar-refractivity contribution in [3.8, 4) is 17.0 Å². The van der Waals surface area contributed by atoms with Crippen LogP contribution in [0.5, 0.6) is 5.75 Å². The van der Waals surface area contributed by atoms with Crippen LogP contribution in [0, 0.1) is 12.7 Å². The third kappa shape index (κ3) is 2.95. The van der Waals surface area contributed by atoms with E-state index < -0.39 is 5.82 Å². The number of aromatic nitrogens is 2.